The van der Waals surface area contributed by atoms with E-state index in [0.29, 0.717) is 16.8 Å². The molecule has 3 rings (SSSR count). The third-order valence-electron chi connectivity index (χ3n) is 3.15. The summed E-state index contributed by atoms with van der Waals surface area (Å²) in [5.74, 6) is 0. The lowest BCUT2D eigenvalue weighted by Gasteiger charge is -2.22. The number of hydrogen-bond acceptors (Lipinski definition) is 4. The predicted molar refractivity (Wildman–Crippen MR) is 72.4 cm³/mol. The van der Waals surface area contributed by atoms with Crippen LogP contribution in [0, 0.1) is 0 Å². The Hall–Kier alpha value is -1.17. The SMILES string of the molecule is Clc1ncc(Cl)c(-c2cnn(C3CCOCC3)c2)n1. The Morgan fingerprint density at radius 2 is 2.00 bits per heavy atom. The van der Waals surface area contributed by atoms with Gasteiger partial charge < -0.3 is 4.74 Å². The Kier molecular flexibility index (Phi) is 3.68. The molecule has 19 heavy (non-hydrogen) atoms. The van der Waals surface area contributed by atoms with Gasteiger partial charge in [0.25, 0.3) is 0 Å². The monoisotopic (exact) mass is 298 g/mol. The molecule has 100 valence electrons. The Balaban J connectivity index is 1.89. The molecule has 5 nitrogen and oxygen atoms in total. The summed E-state index contributed by atoms with van der Waals surface area (Å²) in [5.41, 5.74) is 1.46. The third-order valence-corrected chi connectivity index (χ3v) is 3.61. The predicted octanol–water partition coefficient (Wildman–Crippen LogP) is 3.00. The number of aromatic nitrogens is 4. The van der Waals surface area contributed by atoms with Crippen molar-refractivity contribution in [1.82, 2.24) is 19.7 Å². The van der Waals surface area contributed by atoms with Crippen LogP contribution in [0.3, 0.4) is 0 Å². The van der Waals surface area contributed by atoms with Crippen LogP contribution in [0.2, 0.25) is 10.3 Å². The van der Waals surface area contributed by atoms with Crippen molar-refractivity contribution in [2.24, 2.45) is 0 Å². The second-order valence-corrected chi connectivity index (χ2v) is 5.13. The molecule has 1 aliphatic heterocycles. The maximum Gasteiger partial charge on any atom is 0.222 e. The molecule has 1 fully saturated rings. The van der Waals surface area contributed by atoms with Crippen LogP contribution in [-0.2, 0) is 4.74 Å². The van der Waals surface area contributed by atoms with Crippen LogP contribution in [0.15, 0.2) is 18.6 Å². The largest absolute Gasteiger partial charge is 0.381 e. The van der Waals surface area contributed by atoms with Crippen LogP contribution in [0.1, 0.15) is 18.9 Å². The van der Waals surface area contributed by atoms with Crippen LogP contribution in [0.4, 0.5) is 0 Å². The lowest BCUT2D eigenvalue weighted by Crippen LogP contribution is -2.19. The number of halogens is 2. The normalized spacial score (nSPS) is 16.7. The molecule has 0 N–H and O–H groups in total. The van der Waals surface area contributed by atoms with E-state index < -0.39 is 0 Å². The summed E-state index contributed by atoms with van der Waals surface area (Å²) in [5, 5.41) is 5.03. The summed E-state index contributed by atoms with van der Waals surface area (Å²) in [6.07, 6.45) is 7.14. The molecular formula is C12H12Cl2N4O. The Bertz CT molecular complexity index is 581. The van der Waals surface area contributed by atoms with Gasteiger partial charge in [0.15, 0.2) is 0 Å². The first-order chi connectivity index (χ1) is 9.24. The molecule has 0 bridgehead atoms. The second-order valence-electron chi connectivity index (χ2n) is 4.39. The van der Waals surface area contributed by atoms with Gasteiger partial charge in [-0.05, 0) is 24.4 Å². The summed E-state index contributed by atoms with van der Waals surface area (Å²) >= 11 is 11.9. The van der Waals surface area contributed by atoms with Crippen molar-refractivity contribution < 1.29 is 4.74 Å². The van der Waals surface area contributed by atoms with E-state index in [4.69, 9.17) is 27.9 Å². The fraction of sp³-hybridized carbons (Fsp3) is 0.417. The molecule has 0 radical (unpaired) electrons. The van der Waals surface area contributed by atoms with Crippen molar-refractivity contribution in [2.45, 2.75) is 18.9 Å². The maximum absolute atomic E-state index is 6.09. The molecule has 0 aromatic carbocycles. The van der Waals surface area contributed by atoms with Crippen molar-refractivity contribution in [3.63, 3.8) is 0 Å². The molecule has 7 heteroatoms. The molecular weight excluding hydrogens is 287 g/mol. The Morgan fingerprint density at radius 3 is 2.79 bits per heavy atom. The Morgan fingerprint density at radius 1 is 1.21 bits per heavy atom. The van der Waals surface area contributed by atoms with E-state index in [2.05, 4.69) is 15.1 Å². The van der Waals surface area contributed by atoms with Gasteiger partial charge in [0, 0.05) is 25.0 Å². The molecule has 0 unspecified atom stereocenters. The van der Waals surface area contributed by atoms with Gasteiger partial charge >= 0.3 is 0 Å². The fourth-order valence-electron chi connectivity index (χ4n) is 2.16. The summed E-state index contributed by atoms with van der Waals surface area (Å²) in [7, 11) is 0. The highest BCUT2D eigenvalue weighted by Crippen LogP contribution is 2.28. The van der Waals surface area contributed by atoms with Gasteiger partial charge in [-0.25, -0.2) is 9.97 Å². The topological polar surface area (TPSA) is 52.8 Å². The number of ether oxygens (including phenoxy) is 1. The number of rotatable bonds is 2. The van der Waals surface area contributed by atoms with Crippen molar-refractivity contribution in [2.75, 3.05) is 13.2 Å². The highest BCUT2D eigenvalue weighted by molar-refractivity contribution is 6.33. The second kappa shape index (κ2) is 5.45. The first-order valence-corrected chi connectivity index (χ1v) is 6.80. The van der Waals surface area contributed by atoms with Crippen LogP contribution >= 0.6 is 23.2 Å². The highest BCUT2D eigenvalue weighted by atomic mass is 35.5. The minimum Gasteiger partial charge on any atom is -0.381 e. The van der Waals surface area contributed by atoms with Gasteiger partial charge in [0.2, 0.25) is 5.28 Å². The van der Waals surface area contributed by atoms with Crippen LogP contribution in [-0.4, -0.2) is 33.0 Å². The van der Waals surface area contributed by atoms with Gasteiger partial charge in [0.05, 0.1) is 29.2 Å². The van der Waals surface area contributed by atoms with Crippen LogP contribution in [0.5, 0.6) is 0 Å². The number of hydrogen-bond donors (Lipinski definition) is 0. The van der Waals surface area contributed by atoms with Crippen molar-refractivity contribution in [3.8, 4) is 11.3 Å². The van der Waals surface area contributed by atoms with Crippen molar-refractivity contribution >= 4 is 23.2 Å². The average molecular weight is 299 g/mol. The summed E-state index contributed by atoms with van der Waals surface area (Å²) in [6, 6.07) is 0.374. The third kappa shape index (κ3) is 2.73. The van der Waals surface area contributed by atoms with Crippen molar-refractivity contribution in [1.29, 1.82) is 0 Å². The zero-order valence-corrected chi connectivity index (χ0v) is 11.6. The van der Waals surface area contributed by atoms with E-state index in [-0.39, 0.29) is 5.28 Å². The van der Waals surface area contributed by atoms with Crippen molar-refractivity contribution in [3.05, 3.63) is 28.9 Å². The first-order valence-electron chi connectivity index (χ1n) is 6.04. The van der Waals surface area contributed by atoms with Crippen LogP contribution < -0.4 is 0 Å². The zero-order chi connectivity index (χ0) is 13.2. The standard InChI is InChI=1S/C12H12Cl2N4O/c13-10-6-15-12(14)17-11(10)8-5-16-18(7-8)9-1-3-19-4-2-9/h5-7,9H,1-4H2. The minimum atomic E-state index is 0.179. The molecule has 1 saturated heterocycles. The first kappa shape index (κ1) is 12.8. The van der Waals surface area contributed by atoms with E-state index in [0.717, 1.165) is 31.6 Å². The van der Waals surface area contributed by atoms with E-state index in [1.807, 2.05) is 10.9 Å². The molecule has 2 aromatic rings. The molecule has 0 amide bonds. The molecule has 1 aliphatic rings. The fourth-order valence-corrected chi connectivity index (χ4v) is 2.49. The Labute approximate surface area is 120 Å². The number of nitrogens with zero attached hydrogens (tertiary/aromatic N) is 4. The lowest BCUT2D eigenvalue weighted by atomic mass is 10.1. The maximum atomic E-state index is 6.09. The zero-order valence-electron chi connectivity index (χ0n) is 10.1. The average Bonchev–Trinajstić information content (AvgIpc) is 2.92. The van der Waals surface area contributed by atoms with E-state index >= 15 is 0 Å². The minimum absolute atomic E-state index is 0.179. The van der Waals surface area contributed by atoms with Gasteiger partial charge in [-0.1, -0.05) is 11.6 Å². The van der Waals surface area contributed by atoms with E-state index in [1.54, 1.807) is 6.20 Å². The molecule has 0 atom stereocenters. The summed E-state index contributed by atoms with van der Waals surface area (Å²) in [4.78, 5) is 7.99. The smallest absolute Gasteiger partial charge is 0.222 e. The lowest BCUT2D eigenvalue weighted by molar-refractivity contribution is 0.0662. The van der Waals surface area contributed by atoms with Gasteiger partial charge in [-0.2, -0.15) is 5.10 Å². The van der Waals surface area contributed by atoms with Crippen LogP contribution in [0.25, 0.3) is 11.3 Å². The highest BCUT2D eigenvalue weighted by Gasteiger charge is 2.18. The molecule has 0 saturated carbocycles. The van der Waals surface area contributed by atoms with Gasteiger partial charge in [0.1, 0.15) is 0 Å². The van der Waals surface area contributed by atoms with E-state index in [1.165, 1.54) is 6.20 Å². The van der Waals surface area contributed by atoms with Gasteiger partial charge in [-0.3, -0.25) is 4.68 Å². The molecule has 3 heterocycles. The van der Waals surface area contributed by atoms with Gasteiger partial charge in [-0.15, -0.1) is 0 Å². The quantitative estimate of drug-likeness (QED) is 0.800. The molecule has 0 spiro atoms. The summed E-state index contributed by atoms with van der Waals surface area (Å²) < 4.78 is 7.30. The summed E-state index contributed by atoms with van der Waals surface area (Å²) in [6.45, 7) is 1.56. The molecule has 0 aliphatic carbocycles. The molecule has 2 aromatic heterocycles. The van der Waals surface area contributed by atoms with E-state index in [9.17, 15) is 0 Å².